The zero-order chi connectivity index (χ0) is 20.8. The van der Waals surface area contributed by atoms with E-state index in [2.05, 4.69) is 10.4 Å². The molecule has 1 aliphatic rings. The van der Waals surface area contributed by atoms with Gasteiger partial charge in [-0.15, -0.1) is 0 Å². The molecule has 0 atom stereocenters. The summed E-state index contributed by atoms with van der Waals surface area (Å²) in [5.74, 6) is 0.983. The molecule has 2 aromatic carbocycles. The number of nitrogens with zero attached hydrogens (tertiary/aromatic N) is 2. The fraction of sp³-hybridized carbons (Fsp3) is 0.238. The summed E-state index contributed by atoms with van der Waals surface area (Å²) in [5, 5.41) is 7.35. The number of fused-ring (bicyclic) bond motifs is 1. The van der Waals surface area contributed by atoms with Gasteiger partial charge in [0.15, 0.2) is 0 Å². The number of hydrogen-bond acceptors (Lipinski definition) is 3. The number of thioether (sulfide) groups is 1. The number of rotatable bonds is 3. The van der Waals surface area contributed by atoms with Crippen LogP contribution in [0.25, 0.3) is 5.69 Å². The molecule has 0 unspecified atom stereocenters. The predicted octanol–water partition coefficient (Wildman–Crippen LogP) is 5.51. The Labute approximate surface area is 170 Å². The van der Waals surface area contributed by atoms with E-state index in [1.807, 2.05) is 32.0 Å². The zero-order valence-corrected chi connectivity index (χ0v) is 16.6. The summed E-state index contributed by atoms with van der Waals surface area (Å²) in [4.78, 5) is 12.9. The summed E-state index contributed by atoms with van der Waals surface area (Å²) < 4.78 is 41.7. The molecule has 1 amide bonds. The van der Waals surface area contributed by atoms with E-state index in [0.717, 1.165) is 34.1 Å². The highest BCUT2D eigenvalue weighted by atomic mass is 32.2. The van der Waals surface area contributed by atoms with Gasteiger partial charge >= 0.3 is 6.18 Å². The van der Waals surface area contributed by atoms with Crippen molar-refractivity contribution in [1.82, 2.24) is 9.78 Å². The molecule has 29 heavy (non-hydrogen) atoms. The third kappa shape index (κ3) is 3.53. The van der Waals surface area contributed by atoms with Crippen LogP contribution < -0.4 is 5.32 Å². The number of carbonyl (C=O) groups excluding carboxylic acids is 1. The van der Waals surface area contributed by atoms with E-state index in [9.17, 15) is 18.0 Å². The van der Waals surface area contributed by atoms with Gasteiger partial charge in [-0.1, -0.05) is 24.3 Å². The van der Waals surface area contributed by atoms with Gasteiger partial charge in [-0.05, 0) is 43.2 Å². The first-order valence-corrected chi connectivity index (χ1v) is 10.2. The number of hydrogen-bond donors (Lipinski definition) is 1. The van der Waals surface area contributed by atoms with Crippen molar-refractivity contribution in [3.63, 3.8) is 0 Å². The second-order valence-electron chi connectivity index (χ2n) is 6.89. The Bertz CT molecular complexity index is 1110. The Kier molecular flexibility index (Phi) is 4.90. The summed E-state index contributed by atoms with van der Waals surface area (Å²) in [6.07, 6.45) is -4.61. The Morgan fingerprint density at radius 1 is 1.10 bits per heavy atom. The number of halogens is 3. The molecule has 3 aromatic rings. The van der Waals surface area contributed by atoms with E-state index in [0.29, 0.717) is 17.3 Å². The van der Waals surface area contributed by atoms with Crippen molar-refractivity contribution in [3.05, 3.63) is 76.0 Å². The van der Waals surface area contributed by atoms with E-state index in [1.165, 1.54) is 18.2 Å². The first-order chi connectivity index (χ1) is 13.8. The molecule has 1 aromatic heterocycles. The van der Waals surface area contributed by atoms with Crippen LogP contribution in [0.5, 0.6) is 0 Å². The summed E-state index contributed by atoms with van der Waals surface area (Å²) in [6, 6.07) is 10.5. The van der Waals surface area contributed by atoms with Crippen molar-refractivity contribution in [2.75, 3.05) is 5.32 Å². The lowest BCUT2D eigenvalue weighted by Gasteiger charge is -2.16. The van der Waals surface area contributed by atoms with Gasteiger partial charge in [0.25, 0.3) is 5.91 Å². The Morgan fingerprint density at radius 3 is 2.62 bits per heavy atom. The smallest absolute Gasteiger partial charge is 0.306 e. The van der Waals surface area contributed by atoms with Gasteiger partial charge in [-0.3, -0.25) is 4.79 Å². The van der Waals surface area contributed by atoms with Crippen molar-refractivity contribution < 1.29 is 18.0 Å². The number of nitrogens with one attached hydrogen (secondary N) is 1. The summed E-state index contributed by atoms with van der Waals surface area (Å²) in [7, 11) is 0. The molecular weight excluding hydrogens is 399 g/mol. The van der Waals surface area contributed by atoms with Crippen LogP contribution in [0.3, 0.4) is 0 Å². The molecule has 1 aliphatic heterocycles. The molecule has 8 heteroatoms. The van der Waals surface area contributed by atoms with Crippen LogP contribution >= 0.6 is 11.8 Å². The minimum atomic E-state index is -4.61. The minimum absolute atomic E-state index is 0.409. The van der Waals surface area contributed by atoms with E-state index >= 15 is 0 Å². The van der Waals surface area contributed by atoms with Crippen molar-refractivity contribution in [2.45, 2.75) is 31.5 Å². The predicted molar refractivity (Wildman–Crippen MR) is 107 cm³/mol. The van der Waals surface area contributed by atoms with E-state index in [-0.39, 0.29) is 0 Å². The van der Waals surface area contributed by atoms with Gasteiger partial charge in [0, 0.05) is 17.1 Å². The van der Waals surface area contributed by atoms with Crippen LogP contribution in [0.15, 0.2) is 42.5 Å². The SMILES string of the molecule is Cc1cccc(-n2nc3c(c2NC(=O)c2ccccc2C(F)(F)F)CSC3)c1C. The van der Waals surface area contributed by atoms with Crippen molar-refractivity contribution in [3.8, 4) is 5.69 Å². The molecule has 4 nitrogen and oxygen atoms in total. The fourth-order valence-corrected chi connectivity index (χ4v) is 4.42. The molecule has 0 fully saturated rings. The lowest BCUT2D eigenvalue weighted by Crippen LogP contribution is -2.21. The molecule has 0 bridgehead atoms. The first kappa shape index (κ1) is 19.6. The van der Waals surface area contributed by atoms with Crippen LogP contribution in [0.1, 0.15) is 38.3 Å². The second-order valence-corrected chi connectivity index (χ2v) is 7.88. The molecule has 0 spiro atoms. The quantitative estimate of drug-likeness (QED) is 0.612. The van der Waals surface area contributed by atoms with Gasteiger partial charge in [0.1, 0.15) is 5.82 Å². The molecular formula is C21H18F3N3OS. The molecule has 2 heterocycles. The van der Waals surface area contributed by atoms with Gasteiger partial charge in [0.2, 0.25) is 0 Å². The van der Waals surface area contributed by atoms with Crippen LogP contribution in [-0.2, 0) is 17.7 Å². The summed E-state index contributed by atoms with van der Waals surface area (Å²) in [5.41, 5.74) is 3.18. The first-order valence-electron chi connectivity index (χ1n) is 9.00. The van der Waals surface area contributed by atoms with Gasteiger partial charge in [-0.2, -0.15) is 30.0 Å². The molecule has 0 saturated carbocycles. The minimum Gasteiger partial charge on any atom is -0.306 e. The Balaban J connectivity index is 1.79. The maximum Gasteiger partial charge on any atom is 0.417 e. The number of aromatic nitrogens is 2. The van der Waals surface area contributed by atoms with Crippen molar-refractivity contribution in [2.24, 2.45) is 0 Å². The van der Waals surface area contributed by atoms with Crippen LogP contribution in [0.2, 0.25) is 0 Å². The molecule has 4 rings (SSSR count). The fourth-order valence-electron chi connectivity index (χ4n) is 3.38. The Morgan fingerprint density at radius 2 is 1.86 bits per heavy atom. The van der Waals surface area contributed by atoms with Gasteiger partial charge in [0.05, 0.1) is 22.5 Å². The van der Waals surface area contributed by atoms with Gasteiger partial charge < -0.3 is 5.32 Å². The molecule has 1 N–H and O–H groups in total. The number of anilines is 1. The maximum absolute atomic E-state index is 13.3. The summed E-state index contributed by atoms with van der Waals surface area (Å²) in [6.45, 7) is 3.93. The van der Waals surface area contributed by atoms with Crippen LogP contribution in [0.4, 0.5) is 19.0 Å². The average Bonchev–Trinajstić information content (AvgIpc) is 3.26. The number of amides is 1. The molecule has 0 radical (unpaired) electrons. The Hall–Kier alpha value is -2.74. The van der Waals surface area contributed by atoms with Crippen molar-refractivity contribution in [1.29, 1.82) is 0 Å². The van der Waals surface area contributed by atoms with E-state index in [4.69, 9.17) is 0 Å². The highest BCUT2D eigenvalue weighted by Gasteiger charge is 2.35. The largest absolute Gasteiger partial charge is 0.417 e. The maximum atomic E-state index is 13.3. The highest BCUT2D eigenvalue weighted by Crippen LogP contribution is 2.38. The average molecular weight is 417 g/mol. The third-order valence-electron chi connectivity index (χ3n) is 5.07. The number of benzene rings is 2. The monoisotopic (exact) mass is 417 g/mol. The normalized spacial score (nSPS) is 13.4. The molecule has 0 saturated heterocycles. The standard InChI is InChI=1S/C21H18F3N3OS/c1-12-6-5-9-18(13(12)2)27-19(15-10-29-11-17(15)26-27)25-20(28)14-7-3-4-8-16(14)21(22,23)24/h3-9H,10-11H2,1-2H3,(H,25,28). The molecule has 150 valence electrons. The van der Waals surface area contributed by atoms with E-state index in [1.54, 1.807) is 16.4 Å². The highest BCUT2D eigenvalue weighted by molar-refractivity contribution is 7.98. The topological polar surface area (TPSA) is 46.9 Å². The molecule has 0 aliphatic carbocycles. The number of carbonyl (C=O) groups is 1. The summed E-state index contributed by atoms with van der Waals surface area (Å²) >= 11 is 1.66. The number of alkyl halides is 3. The third-order valence-corrected chi connectivity index (χ3v) is 6.04. The van der Waals surface area contributed by atoms with Crippen molar-refractivity contribution >= 4 is 23.5 Å². The number of aryl methyl sites for hydroxylation is 1. The lowest BCUT2D eigenvalue weighted by atomic mass is 10.1. The second kappa shape index (κ2) is 7.26. The van der Waals surface area contributed by atoms with Crippen LogP contribution in [0, 0.1) is 13.8 Å². The van der Waals surface area contributed by atoms with Gasteiger partial charge in [-0.25, -0.2) is 4.68 Å². The van der Waals surface area contributed by atoms with E-state index < -0.39 is 23.2 Å². The zero-order valence-electron chi connectivity index (χ0n) is 15.8. The lowest BCUT2D eigenvalue weighted by molar-refractivity contribution is -0.137. The van der Waals surface area contributed by atoms with Crippen LogP contribution in [-0.4, -0.2) is 15.7 Å².